The number of benzene rings is 18. The van der Waals surface area contributed by atoms with Gasteiger partial charge in [0.15, 0.2) is 0 Å². The van der Waals surface area contributed by atoms with Gasteiger partial charge in [0.2, 0.25) is 0 Å². The van der Waals surface area contributed by atoms with Crippen molar-refractivity contribution in [3.05, 3.63) is 453 Å². The van der Waals surface area contributed by atoms with Crippen molar-refractivity contribution in [3.63, 3.8) is 0 Å². The Morgan fingerprint density at radius 2 is 0.531 bits per heavy atom. The van der Waals surface area contributed by atoms with E-state index in [-0.39, 0.29) is 12.0 Å². The Bertz CT molecular complexity index is 9050. The van der Waals surface area contributed by atoms with Crippen LogP contribution in [0.15, 0.2) is 425 Å². The standard InChI is InChI=1S/C120H78N8/c1-5-29-81(30-6-1)121-105-45-21-13-37-89(105)97-61-65-101-93-41-17-25-49-109(93)125(117(101)113(97)121)85-69-79(70-86(73-85)126-110-50-26-18-42-94(110)102-66-62-98-90-38-14-22-46-106(90)122(114(98)118(102)126)82-31-7-2-8-32-82)77-57-53-75(54-58-77)76-55-59-78(60-56-76)80-71-87(127-111-51-27-19-43-95(111)103-67-63-99-91-39-15-23-47-107(91)123(115(99)119(103)127)83-33-9-3-10-34-83)74-88(72-80)128-112-52-28-20-44-96(112)104-68-64-100-92-40-16-24-48-108(92)124(116(100)120(104)128)84-35-11-4-12-36-84/h1-19,21-43,45-74,97,113H,20,44H2. The molecule has 128 heavy (non-hydrogen) atoms. The predicted octanol–water partition coefficient (Wildman–Crippen LogP) is 31.0. The first-order valence-corrected chi connectivity index (χ1v) is 44.7. The number of para-hydroxylation sites is 11. The second kappa shape index (κ2) is 27.4. The number of nitrogens with zero attached hydrogens (tertiary/aromatic N) is 8. The first-order valence-electron chi connectivity index (χ1n) is 44.7. The van der Waals surface area contributed by atoms with Crippen LogP contribution in [-0.4, -0.2) is 32.0 Å². The smallest absolute Gasteiger partial charge is 0.0856 e. The number of hydrogen-bond acceptors (Lipinski definition) is 1. The van der Waals surface area contributed by atoms with Gasteiger partial charge in [0.25, 0.3) is 0 Å². The first kappa shape index (κ1) is 70.8. The molecule has 28 rings (SSSR count). The first-order chi connectivity index (χ1) is 63.6. The highest BCUT2D eigenvalue weighted by atomic mass is 15.2. The van der Waals surface area contributed by atoms with Gasteiger partial charge in [-0.25, -0.2) is 0 Å². The third-order valence-electron chi connectivity index (χ3n) is 28.2. The third-order valence-corrected chi connectivity index (χ3v) is 28.2. The van der Waals surface area contributed by atoms with Crippen LogP contribution in [-0.2, 0) is 6.42 Å². The molecule has 25 aromatic rings. The Morgan fingerprint density at radius 1 is 0.219 bits per heavy atom. The second-order valence-electron chi connectivity index (χ2n) is 34.9. The number of fused-ring (bicyclic) bond motifs is 28. The highest BCUT2D eigenvalue weighted by molar-refractivity contribution is 6.26. The van der Waals surface area contributed by atoms with Crippen molar-refractivity contribution in [2.45, 2.75) is 24.8 Å². The van der Waals surface area contributed by atoms with E-state index in [9.17, 15) is 0 Å². The molecule has 2 unspecified atom stereocenters. The molecule has 7 aromatic heterocycles. The van der Waals surface area contributed by atoms with Gasteiger partial charge in [-0.2, -0.15) is 0 Å². The number of rotatable bonds is 11. The van der Waals surface area contributed by atoms with E-state index in [1.807, 2.05) is 0 Å². The molecule has 8 nitrogen and oxygen atoms in total. The fourth-order valence-corrected chi connectivity index (χ4v) is 22.9. The monoisotopic (exact) mass is 1630 g/mol. The van der Waals surface area contributed by atoms with Gasteiger partial charge in [-0.15, -0.1) is 0 Å². The molecule has 1 aliphatic heterocycles. The number of aryl methyl sites for hydroxylation is 1. The van der Waals surface area contributed by atoms with Crippen LogP contribution in [0.1, 0.15) is 46.5 Å². The average Bonchev–Trinajstić information content (AvgIpc) is 1.55. The Morgan fingerprint density at radius 3 is 0.945 bits per heavy atom. The summed E-state index contributed by atoms with van der Waals surface area (Å²) in [5.41, 5.74) is 37.3. The van der Waals surface area contributed by atoms with E-state index in [1.165, 1.54) is 148 Å². The average molecular weight is 1630 g/mol. The lowest BCUT2D eigenvalue weighted by Gasteiger charge is -2.33. The SMILES string of the molecule is C1=Cc2c(c3ccc4c5ccccc5n(-c5ccccc5)c4c3n2-c2cc(-c3ccc(-c4ccc(-c5cc(-n6c7c(c8ccccc86)C=CC6c8ccccc8N(c8ccccc8)C76)cc(-n6c7ccccc7c7ccc8c9ccccc9n(-c9ccccc9)c8c76)c5)cc4)cc3)cc(-n3c4ccccc4c4ccc5c6ccccc6n(-c6ccccc6)c5c43)c2)CC1. The van der Waals surface area contributed by atoms with Gasteiger partial charge in [0, 0.05) is 133 Å². The van der Waals surface area contributed by atoms with Crippen molar-refractivity contribution in [3.8, 4) is 73.2 Å². The summed E-state index contributed by atoms with van der Waals surface area (Å²) < 4.78 is 17.9. The van der Waals surface area contributed by atoms with Crippen LogP contribution in [0.2, 0.25) is 0 Å². The highest BCUT2D eigenvalue weighted by Crippen LogP contribution is 2.58. The molecule has 18 aromatic carbocycles. The lowest BCUT2D eigenvalue weighted by molar-refractivity contribution is 0.636. The minimum Gasteiger partial charge on any atom is -0.331 e. The van der Waals surface area contributed by atoms with E-state index in [4.69, 9.17) is 0 Å². The molecule has 0 saturated carbocycles. The fourth-order valence-electron chi connectivity index (χ4n) is 22.9. The molecule has 2 aliphatic carbocycles. The summed E-state index contributed by atoms with van der Waals surface area (Å²) in [6.45, 7) is 0. The largest absolute Gasteiger partial charge is 0.331 e. The van der Waals surface area contributed by atoms with Crippen molar-refractivity contribution in [1.82, 2.24) is 32.0 Å². The van der Waals surface area contributed by atoms with Crippen molar-refractivity contribution in [2.24, 2.45) is 0 Å². The van der Waals surface area contributed by atoms with Gasteiger partial charge < -0.3 is 36.9 Å². The summed E-state index contributed by atoms with van der Waals surface area (Å²) in [5.74, 6) is 0.0961. The third kappa shape index (κ3) is 10.2. The lowest BCUT2D eigenvalue weighted by atomic mass is 9.86. The van der Waals surface area contributed by atoms with Crippen molar-refractivity contribution in [1.29, 1.82) is 0 Å². The van der Waals surface area contributed by atoms with E-state index >= 15 is 0 Å². The van der Waals surface area contributed by atoms with Crippen LogP contribution < -0.4 is 4.90 Å². The van der Waals surface area contributed by atoms with Gasteiger partial charge in [-0.3, -0.25) is 0 Å². The van der Waals surface area contributed by atoms with Gasteiger partial charge in [-0.1, -0.05) is 303 Å². The van der Waals surface area contributed by atoms with Crippen molar-refractivity contribution < 1.29 is 0 Å². The number of aromatic nitrogens is 7. The summed E-state index contributed by atoms with van der Waals surface area (Å²) in [7, 11) is 0. The fraction of sp³-hybridized carbons (Fsp3) is 0.0333. The van der Waals surface area contributed by atoms with E-state index in [2.05, 4.69) is 474 Å². The van der Waals surface area contributed by atoms with E-state index in [0.29, 0.717) is 0 Å². The summed E-state index contributed by atoms with van der Waals surface area (Å²) in [6, 6.07) is 155. The molecule has 0 radical (unpaired) electrons. The summed E-state index contributed by atoms with van der Waals surface area (Å²) in [5, 5.41) is 14.6. The van der Waals surface area contributed by atoms with Gasteiger partial charge in [0.1, 0.15) is 0 Å². The summed E-state index contributed by atoms with van der Waals surface area (Å²) in [6.07, 6.45) is 11.6. The predicted molar refractivity (Wildman–Crippen MR) is 535 cm³/mol. The number of allylic oxidation sites excluding steroid dienone is 1. The molecule has 2 atom stereocenters. The summed E-state index contributed by atoms with van der Waals surface area (Å²) >= 11 is 0. The van der Waals surface area contributed by atoms with E-state index in [0.717, 1.165) is 108 Å². The number of hydrogen-bond donors (Lipinski definition) is 0. The molecule has 598 valence electrons. The van der Waals surface area contributed by atoms with E-state index < -0.39 is 0 Å². The molecule has 0 N–H and O–H groups in total. The Kier molecular flexibility index (Phi) is 15.2. The molecular weight excluding hydrogens is 1550 g/mol. The Balaban J connectivity index is 0.650. The molecule has 8 heteroatoms. The van der Waals surface area contributed by atoms with Crippen LogP contribution in [0.5, 0.6) is 0 Å². The lowest BCUT2D eigenvalue weighted by Crippen LogP contribution is -2.26. The Labute approximate surface area is 737 Å². The van der Waals surface area contributed by atoms with Crippen molar-refractivity contribution in [2.75, 3.05) is 4.90 Å². The molecule has 8 heterocycles. The maximum Gasteiger partial charge on any atom is 0.0856 e. The molecule has 0 spiro atoms. The summed E-state index contributed by atoms with van der Waals surface area (Å²) in [4.78, 5) is 2.61. The van der Waals surface area contributed by atoms with Crippen LogP contribution >= 0.6 is 0 Å². The van der Waals surface area contributed by atoms with E-state index in [1.54, 1.807) is 0 Å². The normalized spacial score (nSPS) is 14.3. The second-order valence-corrected chi connectivity index (χ2v) is 34.9. The minimum atomic E-state index is -0.0552. The quantitative estimate of drug-likeness (QED) is 0.127. The minimum absolute atomic E-state index is 0.0552. The Hall–Kier alpha value is -16.7. The molecule has 3 aliphatic rings. The number of anilines is 2. The molecule has 0 bridgehead atoms. The van der Waals surface area contributed by atoms with Crippen LogP contribution in [0.3, 0.4) is 0 Å². The highest BCUT2D eigenvalue weighted by Gasteiger charge is 2.45. The zero-order valence-electron chi connectivity index (χ0n) is 69.7. The molecule has 0 saturated heterocycles. The van der Waals surface area contributed by atoms with Gasteiger partial charge in [-0.05, 0) is 191 Å². The van der Waals surface area contributed by atoms with Crippen molar-refractivity contribution >= 4 is 154 Å². The maximum atomic E-state index is 2.63. The maximum absolute atomic E-state index is 2.63. The molecule has 0 amide bonds. The van der Waals surface area contributed by atoms with Crippen LogP contribution in [0, 0.1) is 0 Å². The topological polar surface area (TPSA) is 37.8 Å². The zero-order valence-corrected chi connectivity index (χ0v) is 69.7. The molecular formula is C120H78N8. The van der Waals surface area contributed by atoms with Crippen LogP contribution in [0.25, 0.3) is 216 Å². The van der Waals surface area contributed by atoms with Gasteiger partial charge >= 0.3 is 0 Å². The zero-order chi connectivity index (χ0) is 83.5. The molecule has 0 fully saturated rings. The van der Waals surface area contributed by atoms with Crippen LogP contribution in [0.4, 0.5) is 11.4 Å². The van der Waals surface area contributed by atoms with Gasteiger partial charge in [0.05, 0.1) is 77.9 Å².